The van der Waals surface area contributed by atoms with Gasteiger partial charge in [-0.2, -0.15) is 0 Å². The third kappa shape index (κ3) is 5.28. The number of benzene rings is 1. The molecule has 1 atom stereocenters. The topological polar surface area (TPSA) is 91.2 Å². The van der Waals surface area contributed by atoms with E-state index < -0.39 is 22.1 Å². The zero-order chi connectivity index (χ0) is 16.9. The summed E-state index contributed by atoms with van der Waals surface area (Å²) in [6.07, 6.45) is 0. The van der Waals surface area contributed by atoms with Crippen LogP contribution in [0, 0.1) is 0 Å². The number of aliphatic carboxylic acids is 1. The molecule has 8 heteroatoms. The Bertz CT molecular complexity index is 571. The van der Waals surface area contributed by atoms with Crippen molar-refractivity contribution in [2.24, 2.45) is 4.40 Å². The molecule has 0 aromatic heterocycles. The van der Waals surface area contributed by atoms with E-state index in [4.69, 9.17) is 9.47 Å². The van der Waals surface area contributed by atoms with Gasteiger partial charge in [0.15, 0.2) is 6.79 Å². The first kappa shape index (κ1) is 19.0. The Morgan fingerprint density at radius 2 is 2.09 bits per heavy atom. The van der Waals surface area contributed by atoms with Gasteiger partial charge in [-0.05, 0) is 39.0 Å². The summed E-state index contributed by atoms with van der Waals surface area (Å²) >= 11 is 1.59. The first-order valence-corrected chi connectivity index (χ1v) is 8.22. The summed E-state index contributed by atoms with van der Waals surface area (Å²) in [6.45, 7) is 5.11. The molecule has 0 aliphatic heterocycles. The lowest BCUT2D eigenvalue weighted by atomic mass is 10.1. The Morgan fingerprint density at radius 3 is 2.59 bits per heavy atom. The second kappa shape index (κ2) is 7.96. The molecule has 0 aliphatic rings. The van der Waals surface area contributed by atoms with E-state index in [2.05, 4.69) is 20.3 Å². The number of hydrogen-bond donors (Lipinski definition) is 1. The number of halogens is 1. The molecule has 0 heterocycles. The van der Waals surface area contributed by atoms with Gasteiger partial charge in [-0.25, -0.2) is 4.79 Å². The Balaban J connectivity index is 3.33. The Morgan fingerprint density at radius 1 is 1.45 bits per heavy atom. The van der Waals surface area contributed by atoms with E-state index in [1.165, 1.54) is 7.11 Å². The number of carboxylic acid groups (broad SMARTS) is 1. The molecule has 22 heavy (non-hydrogen) atoms. The first-order chi connectivity index (χ1) is 10.2. The van der Waals surface area contributed by atoms with Gasteiger partial charge in [0.2, 0.25) is 5.71 Å². The number of carboxylic acids is 1. The second-order valence-corrected chi connectivity index (χ2v) is 8.12. The molecule has 1 rings (SSSR count). The van der Waals surface area contributed by atoms with Crippen LogP contribution in [-0.4, -0.2) is 40.0 Å². The quantitative estimate of drug-likeness (QED) is 0.457. The van der Waals surface area contributed by atoms with Gasteiger partial charge in [-0.3, -0.25) is 0 Å². The highest BCUT2D eigenvalue weighted by atomic mass is 79.9. The summed E-state index contributed by atoms with van der Waals surface area (Å²) in [7, 11) is 1.46. The summed E-state index contributed by atoms with van der Waals surface area (Å²) < 4.78 is 26.3. The summed E-state index contributed by atoms with van der Waals surface area (Å²) in [4.78, 5) is 11.5. The van der Waals surface area contributed by atoms with Gasteiger partial charge in [0.1, 0.15) is 21.9 Å². The van der Waals surface area contributed by atoms with Crippen molar-refractivity contribution in [3.05, 3.63) is 28.2 Å². The molecule has 0 bridgehead atoms. The second-order valence-electron chi connectivity index (χ2n) is 5.30. The molecule has 1 aromatic carbocycles. The van der Waals surface area contributed by atoms with Crippen LogP contribution in [0.2, 0.25) is 0 Å². The number of methoxy groups -OCH3 is 1. The molecular weight excluding hydrogens is 374 g/mol. The average Bonchev–Trinajstić information content (AvgIpc) is 2.41. The summed E-state index contributed by atoms with van der Waals surface area (Å²) in [5, 5.41) is 9.40. The van der Waals surface area contributed by atoms with Crippen molar-refractivity contribution in [2.45, 2.75) is 25.5 Å². The van der Waals surface area contributed by atoms with Gasteiger partial charge in [-0.15, -0.1) is 0 Å². The molecule has 0 radical (unpaired) electrons. The van der Waals surface area contributed by atoms with Crippen LogP contribution in [0.3, 0.4) is 0 Å². The number of ether oxygens (including phenoxy) is 2. The van der Waals surface area contributed by atoms with Crippen molar-refractivity contribution in [1.82, 2.24) is 0 Å². The first-order valence-electron chi connectivity index (χ1n) is 6.32. The Hall–Kier alpha value is -1.09. The van der Waals surface area contributed by atoms with Crippen LogP contribution in [-0.2, 0) is 20.9 Å². The Kier molecular flexibility index (Phi) is 6.86. The normalized spacial score (nSPS) is 13.8. The highest BCUT2D eigenvalue weighted by Gasteiger charge is 2.30. The smallest absolute Gasteiger partial charge is 0.359 e. The van der Waals surface area contributed by atoms with E-state index in [-0.39, 0.29) is 23.8 Å². The monoisotopic (exact) mass is 391 g/mol. The lowest BCUT2D eigenvalue weighted by Gasteiger charge is -2.19. The predicted octanol–water partition coefficient (Wildman–Crippen LogP) is 2.77. The summed E-state index contributed by atoms with van der Waals surface area (Å²) in [5.41, 5.74) is -0.0720. The molecule has 0 aliphatic carbocycles. The molecule has 0 saturated carbocycles. The standard InChI is InChI=1S/C14H18BrNO5S/c1-14(2,3)22(19)16-12(13(17)18)10-6-5-9(15)7-11(10)21-8-20-4/h5-7H,8H2,1-4H3,(H,17,18)/b16-12-. The summed E-state index contributed by atoms with van der Waals surface area (Å²) in [5.74, 6) is -0.995. The third-order valence-corrected chi connectivity index (χ3v) is 4.32. The molecule has 1 aromatic rings. The SMILES string of the molecule is COCOc1cc(Br)ccc1/C(=N/[S+]([O-])C(C)(C)C)C(=O)O. The lowest BCUT2D eigenvalue weighted by molar-refractivity contribution is -0.129. The predicted molar refractivity (Wildman–Crippen MR) is 88.7 cm³/mol. The number of hydrogen-bond acceptors (Lipinski definition) is 5. The van der Waals surface area contributed by atoms with Crippen LogP contribution < -0.4 is 4.74 Å². The molecule has 6 nitrogen and oxygen atoms in total. The van der Waals surface area contributed by atoms with Gasteiger partial charge in [-0.1, -0.05) is 20.3 Å². The van der Waals surface area contributed by atoms with Crippen LogP contribution in [0.1, 0.15) is 26.3 Å². The Labute approximate surface area is 141 Å². The van der Waals surface area contributed by atoms with Crippen LogP contribution in [0.25, 0.3) is 0 Å². The van der Waals surface area contributed by atoms with Gasteiger partial charge in [0, 0.05) is 11.6 Å². The maximum atomic E-state index is 12.1. The number of carbonyl (C=O) groups is 1. The molecule has 0 fully saturated rings. The lowest BCUT2D eigenvalue weighted by Crippen LogP contribution is -2.29. The van der Waals surface area contributed by atoms with Crippen molar-refractivity contribution in [1.29, 1.82) is 0 Å². The van der Waals surface area contributed by atoms with Crippen LogP contribution >= 0.6 is 15.9 Å². The van der Waals surface area contributed by atoms with Crippen molar-refractivity contribution < 1.29 is 23.9 Å². The molecule has 0 amide bonds. The van der Waals surface area contributed by atoms with Gasteiger partial charge in [0.05, 0.1) is 5.56 Å². The number of nitrogens with zero attached hydrogens (tertiary/aromatic N) is 1. The highest BCUT2D eigenvalue weighted by molar-refractivity contribution is 9.10. The van der Waals surface area contributed by atoms with E-state index in [1.54, 1.807) is 39.0 Å². The third-order valence-electron chi connectivity index (χ3n) is 2.43. The largest absolute Gasteiger partial charge is 0.591 e. The fourth-order valence-corrected chi connectivity index (χ4v) is 2.31. The zero-order valence-corrected chi connectivity index (χ0v) is 15.2. The molecule has 1 N–H and O–H groups in total. The minimum atomic E-state index is -1.70. The van der Waals surface area contributed by atoms with Crippen LogP contribution in [0.4, 0.5) is 0 Å². The minimum Gasteiger partial charge on any atom is -0.591 e. The van der Waals surface area contributed by atoms with E-state index in [0.717, 1.165) is 0 Å². The fraction of sp³-hybridized carbons (Fsp3) is 0.429. The van der Waals surface area contributed by atoms with Crippen LogP contribution in [0.15, 0.2) is 27.1 Å². The fourth-order valence-electron chi connectivity index (χ4n) is 1.36. The highest BCUT2D eigenvalue weighted by Crippen LogP contribution is 2.26. The number of rotatable bonds is 6. The zero-order valence-electron chi connectivity index (χ0n) is 12.8. The summed E-state index contributed by atoms with van der Waals surface area (Å²) in [6, 6.07) is 4.81. The van der Waals surface area contributed by atoms with E-state index in [9.17, 15) is 14.5 Å². The average molecular weight is 392 g/mol. The van der Waals surface area contributed by atoms with Crippen molar-refractivity contribution in [2.75, 3.05) is 13.9 Å². The molecular formula is C14H18BrNO5S. The van der Waals surface area contributed by atoms with Gasteiger partial charge >= 0.3 is 5.97 Å². The maximum absolute atomic E-state index is 12.1. The van der Waals surface area contributed by atoms with E-state index >= 15 is 0 Å². The van der Waals surface area contributed by atoms with Crippen molar-refractivity contribution in [3.63, 3.8) is 0 Å². The van der Waals surface area contributed by atoms with Crippen LogP contribution in [0.5, 0.6) is 5.75 Å². The van der Waals surface area contributed by atoms with Gasteiger partial charge in [0.25, 0.3) is 0 Å². The van der Waals surface area contributed by atoms with Crippen molar-refractivity contribution in [3.8, 4) is 5.75 Å². The minimum absolute atomic E-state index is 0.0429. The van der Waals surface area contributed by atoms with E-state index in [1.807, 2.05) is 0 Å². The van der Waals surface area contributed by atoms with Crippen molar-refractivity contribution >= 4 is 39.0 Å². The van der Waals surface area contributed by atoms with Gasteiger partial charge < -0.3 is 19.1 Å². The molecule has 0 spiro atoms. The van der Waals surface area contributed by atoms with E-state index in [0.29, 0.717) is 4.47 Å². The molecule has 1 unspecified atom stereocenters. The molecule has 122 valence electrons. The maximum Gasteiger partial charge on any atom is 0.359 e. The molecule has 0 saturated heterocycles.